The largest absolute Gasteiger partial charge is 0.492 e. The lowest BCUT2D eigenvalue weighted by Gasteiger charge is -2.13. The first kappa shape index (κ1) is 24.2. The number of amides is 2. The number of imide groups is 1. The lowest BCUT2D eigenvalue weighted by molar-refractivity contribution is -0.123. The highest BCUT2D eigenvalue weighted by Crippen LogP contribution is 2.37. The SMILES string of the molecule is Cc1cccc(COc2c(Cl)cc(/C=C3\SC(=O)N(CCOc4ccccc4)C3=O)cc2Cl)c1. The molecule has 4 rings (SSSR count). The monoisotopic (exact) mass is 513 g/mol. The molecule has 2 amide bonds. The third-order valence-electron chi connectivity index (χ3n) is 4.98. The van der Waals surface area contributed by atoms with Crippen LogP contribution in [-0.4, -0.2) is 29.2 Å². The number of ether oxygens (including phenoxy) is 2. The second-order valence-corrected chi connectivity index (χ2v) is 9.39. The molecule has 0 aliphatic carbocycles. The summed E-state index contributed by atoms with van der Waals surface area (Å²) in [6.45, 7) is 2.70. The summed E-state index contributed by atoms with van der Waals surface area (Å²) in [5.41, 5.74) is 2.74. The second-order valence-electron chi connectivity index (χ2n) is 7.59. The van der Waals surface area contributed by atoms with Gasteiger partial charge in [-0.15, -0.1) is 0 Å². The van der Waals surface area contributed by atoms with Gasteiger partial charge in [0.25, 0.3) is 11.1 Å². The van der Waals surface area contributed by atoms with Crippen molar-refractivity contribution in [2.45, 2.75) is 13.5 Å². The molecule has 0 spiro atoms. The molecule has 174 valence electrons. The van der Waals surface area contributed by atoms with Crippen LogP contribution in [0.2, 0.25) is 10.0 Å². The molecule has 34 heavy (non-hydrogen) atoms. The van der Waals surface area contributed by atoms with Gasteiger partial charge >= 0.3 is 0 Å². The Morgan fingerprint density at radius 2 is 1.68 bits per heavy atom. The van der Waals surface area contributed by atoms with Crippen molar-refractivity contribution in [3.05, 3.63) is 98.4 Å². The van der Waals surface area contributed by atoms with Crippen molar-refractivity contribution >= 4 is 52.2 Å². The van der Waals surface area contributed by atoms with E-state index in [0.717, 1.165) is 22.9 Å². The van der Waals surface area contributed by atoms with Crippen LogP contribution >= 0.6 is 35.0 Å². The number of aryl methyl sites for hydroxylation is 1. The fourth-order valence-electron chi connectivity index (χ4n) is 3.37. The number of thioether (sulfide) groups is 1. The number of halogens is 2. The predicted octanol–water partition coefficient (Wildman–Crippen LogP) is 7.00. The quantitative estimate of drug-likeness (QED) is 0.303. The van der Waals surface area contributed by atoms with E-state index in [0.29, 0.717) is 38.6 Å². The van der Waals surface area contributed by atoms with Crippen molar-refractivity contribution in [3.63, 3.8) is 0 Å². The van der Waals surface area contributed by atoms with E-state index < -0.39 is 0 Å². The number of hydrogen-bond acceptors (Lipinski definition) is 5. The molecular formula is C26H21Cl2NO4S. The number of hydrogen-bond donors (Lipinski definition) is 0. The fraction of sp³-hybridized carbons (Fsp3) is 0.154. The summed E-state index contributed by atoms with van der Waals surface area (Å²) < 4.78 is 11.4. The normalized spacial score (nSPS) is 14.7. The van der Waals surface area contributed by atoms with Crippen LogP contribution < -0.4 is 9.47 Å². The summed E-state index contributed by atoms with van der Waals surface area (Å²) >= 11 is 13.7. The molecule has 1 fully saturated rings. The van der Waals surface area contributed by atoms with E-state index in [1.165, 1.54) is 4.90 Å². The van der Waals surface area contributed by atoms with E-state index in [1.807, 2.05) is 61.5 Å². The van der Waals surface area contributed by atoms with E-state index in [1.54, 1.807) is 18.2 Å². The van der Waals surface area contributed by atoms with Crippen LogP contribution in [0.1, 0.15) is 16.7 Å². The Labute approximate surface area is 212 Å². The third kappa shape index (κ3) is 5.95. The van der Waals surface area contributed by atoms with Crippen molar-refractivity contribution in [1.29, 1.82) is 0 Å². The number of carbonyl (C=O) groups excluding carboxylic acids is 2. The second kappa shape index (κ2) is 11.0. The van der Waals surface area contributed by atoms with Gasteiger partial charge in [0.1, 0.15) is 19.0 Å². The number of benzene rings is 3. The van der Waals surface area contributed by atoms with Crippen LogP contribution in [0.5, 0.6) is 11.5 Å². The molecule has 5 nitrogen and oxygen atoms in total. The number of nitrogens with zero attached hydrogens (tertiary/aromatic N) is 1. The molecule has 3 aromatic carbocycles. The Kier molecular flexibility index (Phi) is 7.83. The van der Waals surface area contributed by atoms with Crippen LogP contribution in [0.25, 0.3) is 6.08 Å². The van der Waals surface area contributed by atoms with Gasteiger partial charge in [0.05, 0.1) is 21.5 Å². The summed E-state index contributed by atoms with van der Waals surface area (Å²) in [6, 6.07) is 20.5. The summed E-state index contributed by atoms with van der Waals surface area (Å²) in [4.78, 5) is 26.6. The maximum atomic E-state index is 12.8. The molecule has 0 saturated carbocycles. The van der Waals surface area contributed by atoms with Gasteiger partial charge in [0, 0.05) is 0 Å². The lowest BCUT2D eigenvalue weighted by Crippen LogP contribution is -2.32. The third-order valence-corrected chi connectivity index (χ3v) is 6.45. The highest BCUT2D eigenvalue weighted by molar-refractivity contribution is 8.18. The molecule has 0 bridgehead atoms. The Bertz CT molecular complexity index is 1220. The van der Waals surface area contributed by atoms with Crippen LogP contribution in [0.15, 0.2) is 71.6 Å². The summed E-state index contributed by atoms with van der Waals surface area (Å²) in [5.74, 6) is 0.672. The minimum atomic E-state index is -0.376. The summed E-state index contributed by atoms with van der Waals surface area (Å²) in [7, 11) is 0. The fourth-order valence-corrected chi connectivity index (χ4v) is 4.85. The van der Waals surface area contributed by atoms with Crippen molar-refractivity contribution in [2.75, 3.05) is 13.2 Å². The van der Waals surface area contributed by atoms with Crippen LogP contribution in [0.3, 0.4) is 0 Å². The maximum Gasteiger partial charge on any atom is 0.293 e. The zero-order valence-electron chi connectivity index (χ0n) is 18.3. The number of rotatable bonds is 8. The van der Waals surface area contributed by atoms with Gasteiger partial charge in [-0.2, -0.15) is 0 Å². The van der Waals surface area contributed by atoms with Gasteiger partial charge in [-0.1, -0.05) is 71.2 Å². The molecule has 0 aromatic heterocycles. The zero-order chi connectivity index (χ0) is 24.1. The minimum Gasteiger partial charge on any atom is -0.492 e. The molecule has 0 N–H and O–H groups in total. The van der Waals surface area contributed by atoms with E-state index >= 15 is 0 Å². The molecule has 1 aliphatic rings. The average molecular weight is 514 g/mol. The Morgan fingerprint density at radius 3 is 2.38 bits per heavy atom. The summed E-state index contributed by atoms with van der Waals surface area (Å²) in [5, 5.41) is 0.298. The first-order valence-electron chi connectivity index (χ1n) is 10.5. The van der Waals surface area contributed by atoms with E-state index in [2.05, 4.69) is 0 Å². The van der Waals surface area contributed by atoms with Gasteiger partial charge < -0.3 is 9.47 Å². The highest BCUT2D eigenvalue weighted by atomic mass is 35.5. The number of para-hydroxylation sites is 1. The van der Waals surface area contributed by atoms with E-state index in [4.69, 9.17) is 32.7 Å². The zero-order valence-corrected chi connectivity index (χ0v) is 20.6. The number of carbonyl (C=O) groups is 2. The molecule has 1 aliphatic heterocycles. The van der Waals surface area contributed by atoms with Crippen LogP contribution in [-0.2, 0) is 11.4 Å². The van der Waals surface area contributed by atoms with Crippen molar-refractivity contribution < 1.29 is 19.1 Å². The molecule has 0 atom stereocenters. The first-order chi connectivity index (χ1) is 16.4. The lowest BCUT2D eigenvalue weighted by atomic mass is 10.1. The van der Waals surface area contributed by atoms with Crippen LogP contribution in [0.4, 0.5) is 4.79 Å². The summed E-state index contributed by atoms with van der Waals surface area (Å²) in [6.07, 6.45) is 1.60. The smallest absolute Gasteiger partial charge is 0.293 e. The first-order valence-corrected chi connectivity index (χ1v) is 12.1. The molecule has 1 heterocycles. The standard InChI is InChI=1S/C26H21Cl2NO4S/c1-17-6-5-7-18(12-17)16-33-24-21(27)13-19(14-22(24)28)15-23-25(30)29(26(31)34-23)10-11-32-20-8-3-2-4-9-20/h2-9,12-15H,10-11,16H2,1H3/b23-15-. The maximum absolute atomic E-state index is 12.8. The molecule has 8 heteroatoms. The van der Waals surface area contributed by atoms with Gasteiger partial charge in [-0.3, -0.25) is 14.5 Å². The van der Waals surface area contributed by atoms with Gasteiger partial charge in [0.15, 0.2) is 5.75 Å². The highest BCUT2D eigenvalue weighted by Gasteiger charge is 2.34. The Morgan fingerprint density at radius 1 is 0.941 bits per heavy atom. The Balaban J connectivity index is 1.41. The van der Waals surface area contributed by atoms with E-state index in [-0.39, 0.29) is 24.3 Å². The van der Waals surface area contributed by atoms with Crippen molar-refractivity contribution in [3.8, 4) is 11.5 Å². The predicted molar refractivity (Wildman–Crippen MR) is 137 cm³/mol. The molecule has 3 aromatic rings. The van der Waals surface area contributed by atoms with Crippen molar-refractivity contribution in [2.24, 2.45) is 0 Å². The minimum absolute atomic E-state index is 0.157. The average Bonchev–Trinajstić information content (AvgIpc) is 3.06. The molecule has 0 radical (unpaired) electrons. The van der Waals surface area contributed by atoms with Gasteiger partial charge in [-0.05, 0) is 60.2 Å². The molecular weight excluding hydrogens is 493 g/mol. The van der Waals surface area contributed by atoms with Gasteiger partial charge in [0.2, 0.25) is 0 Å². The Hall–Kier alpha value is -2.93. The van der Waals surface area contributed by atoms with Crippen LogP contribution in [0, 0.1) is 6.92 Å². The van der Waals surface area contributed by atoms with E-state index in [9.17, 15) is 9.59 Å². The molecule has 0 unspecified atom stereocenters. The molecule has 1 saturated heterocycles. The topological polar surface area (TPSA) is 55.8 Å². The van der Waals surface area contributed by atoms with Crippen molar-refractivity contribution in [1.82, 2.24) is 4.90 Å². The van der Waals surface area contributed by atoms with Gasteiger partial charge in [-0.25, -0.2) is 0 Å².